The summed E-state index contributed by atoms with van der Waals surface area (Å²) >= 11 is 6.01. The SMILES string of the molecule is O=C1OCC(NCCN2CCOCC2)=C1c1cccc(Cl)c1. The maximum atomic E-state index is 12.0. The van der Waals surface area contributed by atoms with Gasteiger partial charge in [-0.2, -0.15) is 0 Å². The number of ether oxygens (including phenoxy) is 2. The molecule has 1 fully saturated rings. The van der Waals surface area contributed by atoms with Crippen molar-refractivity contribution in [3.63, 3.8) is 0 Å². The number of hydrogen-bond donors (Lipinski definition) is 1. The van der Waals surface area contributed by atoms with E-state index in [-0.39, 0.29) is 5.97 Å². The Morgan fingerprint density at radius 2 is 2.09 bits per heavy atom. The molecule has 5 nitrogen and oxygen atoms in total. The first kappa shape index (κ1) is 15.3. The molecule has 1 N–H and O–H groups in total. The molecule has 2 aliphatic heterocycles. The molecular weight excluding hydrogens is 304 g/mol. The monoisotopic (exact) mass is 322 g/mol. The summed E-state index contributed by atoms with van der Waals surface area (Å²) in [5, 5.41) is 3.94. The summed E-state index contributed by atoms with van der Waals surface area (Å²) in [7, 11) is 0. The molecule has 2 heterocycles. The second-order valence-corrected chi connectivity index (χ2v) is 5.76. The number of esters is 1. The molecule has 0 unspecified atom stereocenters. The van der Waals surface area contributed by atoms with E-state index < -0.39 is 0 Å². The van der Waals surface area contributed by atoms with Crippen LogP contribution in [-0.2, 0) is 14.3 Å². The van der Waals surface area contributed by atoms with Gasteiger partial charge in [-0.05, 0) is 17.7 Å². The average molecular weight is 323 g/mol. The van der Waals surface area contributed by atoms with Crippen molar-refractivity contribution in [2.24, 2.45) is 0 Å². The van der Waals surface area contributed by atoms with Gasteiger partial charge < -0.3 is 14.8 Å². The molecule has 0 spiro atoms. The van der Waals surface area contributed by atoms with E-state index in [1.807, 2.05) is 12.1 Å². The van der Waals surface area contributed by atoms with E-state index in [0.717, 1.165) is 50.7 Å². The third-order valence-corrected chi connectivity index (χ3v) is 4.07. The summed E-state index contributed by atoms with van der Waals surface area (Å²) in [6, 6.07) is 7.28. The minimum atomic E-state index is -0.295. The smallest absolute Gasteiger partial charge is 0.341 e. The lowest BCUT2D eigenvalue weighted by Gasteiger charge is -2.26. The highest BCUT2D eigenvalue weighted by molar-refractivity contribution is 6.31. The average Bonchev–Trinajstić information content (AvgIpc) is 2.89. The van der Waals surface area contributed by atoms with Crippen LogP contribution in [0.1, 0.15) is 5.56 Å². The zero-order valence-electron chi connectivity index (χ0n) is 12.3. The number of cyclic esters (lactones) is 1. The van der Waals surface area contributed by atoms with Gasteiger partial charge in [0.25, 0.3) is 0 Å². The summed E-state index contributed by atoms with van der Waals surface area (Å²) < 4.78 is 10.5. The molecular formula is C16H19ClN2O3. The normalized spacial score (nSPS) is 19.4. The fraction of sp³-hybridized carbons (Fsp3) is 0.438. The largest absolute Gasteiger partial charge is 0.456 e. The minimum absolute atomic E-state index is 0.295. The number of halogens is 1. The van der Waals surface area contributed by atoms with Gasteiger partial charge in [-0.1, -0.05) is 23.7 Å². The van der Waals surface area contributed by atoms with Gasteiger partial charge in [0.1, 0.15) is 6.61 Å². The van der Waals surface area contributed by atoms with Crippen LogP contribution in [0.15, 0.2) is 30.0 Å². The lowest BCUT2D eigenvalue weighted by Crippen LogP contribution is -2.40. The Morgan fingerprint density at radius 3 is 2.86 bits per heavy atom. The van der Waals surface area contributed by atoms with Gasteiger partial charge in [0.2, 0.25) is 0 Å². The quantitative estimate of drug-likeness (QED) is 0.833. The van der Waals surface area contributed by atoms with Crippen molar-refractivity contribution < 1.29 is 14.3 Å². The Bertz CT molecular complexity index is 583. The summed E-state index contributed by atoms with van der Waals surface area (Å²) in [6.07, 6.45) is 0. The molecule has 1 saturated heterocycles. The molecule has 0 radical (unpaired) electrons. The third-order valence-electron chi connectivity index (χ3n) is 3.84. The maximum absolute atomic E-state index is 12.0. The van der Waals surface area contributed by atoms with Crippen molar-refractivity contribution in [2.75, 3.05) is 46.0 Å². The Hall–Kier alpha value is -1.56. The van der Waals surface area contributed by atoms with E-state index in [1.165, 1.54) is 0 Å². The molecule has 6 heteroatoms. The van der Waals surface area contributed by atoms with Gasteiger partial charge in [0.15, 0.2) is 0 Å². The first-order valence-corrected chi connectivity index (χ1v) is 7.82. The summed E-state index contributed by atoms with van der Waals surface area (Å²) in [5.74, 6) is -0.295. The number of benzene rings is 1. The minimum Gasteiger partial charge on any atom is -0.456 e. The molecule has 0 aromatic heterocycles. The zero-order valence-corrected chi connectivity index (χ0v) is 13.1. The second-order valence-electron chi connectivity index (χ2n) is 5.32. The number of nitrogens with one attached hydrogen (secondary N) is 1. The molecule has 0 atom stereocenters. The topological polar surface area (TPSA) is 50.8 Å². The first-order valence-electron chi connectivity index (χ1n) is 7.44. The second kappa shape index (κ2) is 7.13. The van der Waals surface area contributed by atoms with Crippen LogP contribution in [0.4, 0.5) is 0 Å². The van der Waals surface area contributed by atoms with Crippen LogP contribution in [0, 0.1) is 0 Å². The number of rotatable bonds is 5. The van der Waals surface area contributed by atoms with Crippen molar-refractivity contribution in [1.29, 1.82) is 0 Å². The molecule has 22 heavy (non-hydrogen) atoms. The Morgan fingerprint density at radius 1 is 1.27 bits per heavy atom. The van der Waals surface area contributed by atoms with Crippen molar-refractivity contribution >= 4 is 23.1 Å². The molecule has 118 valence electrons. The first-order chi connectivity index (χ1) is 10.7. The van der Waals surface area contributed by atoms with Crippen LogP contribution in [0.2, 0.25) is 5.02 Å². The molecule has 0 saturated carbocycles. The Balaban J connectivity index is 1.65. The standard InChI is InChI=1S/C16H19ClN2O3/c17-13-3-1-2-12(10-13)15-14(11-22-16(15)20)18-4-5-19-6-8-21-9-7-19/h1-3,10,18H,4-9,11H2. The molecule has 0 aliphatic carbocycles. The fourth-order valence-corrected chi connectivity index (χ4v) is 2.86. The van der Waals surface area contributed by atoms with Crippen LogP contribution in [0.5, 0.6) is 0 Å². The van der Waals surface area contributed by atoms with E-state index in [4.69, 9.17) is 21.1 Å². The van der Waals surface area contributed by atoms with Gasteiger partial charge in [-0.3, -0.25) is 4.90 Å². The van der Waals surface area contributed by atoms with Crippen LogP contribution in [0.25, 0.3) is 5.57 Å². The highest BCUT2D eigenvalue weighted by Crippen LogP contribution is 2.26. The van der Waals surface area contributed by atoms with Crippen LogP contribution >= 0.6 is 11.6 Å². The molecule has 3 rings (SSSR count). The molecule has 1 aromatic carbocycles. The zero-order chi connectivity index (χ0) is 15.4. The van der Waals surface area contributed by atoms with E-state index in [2.05, 4.69) is 10.2 Å². The van der Waals surface area contributed by atoms with Gasteiger partial charge >= 0.3 is 5.97 Å². The predicted octanol–water partition coefficient (Wildman–Crippen LogP) is 1.53. The molecule has 2 aliphatic rings. The molecule has 0 amide bonds. The van der Waals surface area contributed by atoms with Gasteiger partial charge in [-0.15, -0.1) is 0 Å². The Labute approximate surface area is 134 Å². The summed E-state index contributed by atoms with van der Waals surface area (Å²) in [4.78, 5) is 14.3. The van der Waals surface area contributed by atoms with E-state index in [1.54, 1.807) is 12.1 Å². The van der Waals surface area contributed by atoms with Crippen molar-refractivity contribution in [3.8, 4) is 0 Å². The van der Waals surface area contributed by atoms with E-state index >= 15 is 0 Å². The molecule has 0 bridgehead atoms. The predicted molar refractivity (Wildman–Crippen MR) is 84.6 cm³/mol. The van der Waals surface area contributed by atoms with Gasteiger partial charge in [-0.25, -0.2) is 4.79 Å². The highest BCUT2D eigenvalue weighted by Gasteiger charge is 2.26. The third kappa shape index (κ3) is 3.61. The maximum Gasteiger partial charge on any atom is 0.341 e. The summed E-state index contributed by atoms with van der Waals surface area (Å²) in [5.41, 5.74) is 2.22. The number of hydrogen-bond acceptors (Lipinski definition) is 5. The van der Waals surface area contributed by atoms with Gasteiger partial charge in [0, 0.05) is 31.2 Å². The van der Waals surface area contributed by atoms with Crippen molar-refractivity contribution in [2.45, 2.75) is 0 Å². The van der Waals surface area contributed by atoms with Crippen LogP contribution in [0.3, 0.4) is 0 Å². The lowest BCUT2D eigenvalue weighted by atomic mass is 10.1. The van der Waals surface area contributed by atoms with Crippen LogP contribution < -0.4 is 5.32 Å². The number of morpholine rings is 1. The fourth-order valence-electron chi connectivity index (χ4n) is 2.67. The van der Waals surface area contributed by atoms with Gasteiger partial charge in [0.05, 0.1) is 24.5 Å². The van der Waals surface area contributed by atoms with E-state index in [0.29, 0.717) is 17.2 Å². The van der Waals surface area contributed by atoms with E-state index in [9.17, 15) is 4.79 Å². The lowest BCUT2D eigenvalue weighted by molar-refractivity contribution is -0.134. The summed E-state index contributed by atoms with van der Waals surface area (Å²) in [6.45, 7) is 5.48. The molecule has 1 aromatic rings. The number of nitrogens with zero attached hydrogens (tertiary/aromatic N) is 1. The highest BCUT2D eigenvalue weighted by atomic mass is 35.5. The number of carbonyl (C=O) groups excluding carboxylic acids is 1. The van der Waals surface area contributed by atoms with Crippen molar-refractivity contribution in [1.82, 2.24) is 10.2 Å². The Kier molecular flexibility index (Phi) is 4.97. The van der Waals surface area contributed by atoms with Crippen molar-refractivity contribution in [3.05, 3.63) is 40.5 Å². The van der Waals surface area contributed by atoms with Crippen LogP contribution in [-0.4, -0.2) is 56.9 Å². The number of carbonyl (C=O) groups is 1.